The fourth-order valence-corrected chi connectivity index (χ4v) is 4.63. The molecule has 0 fully saturated rings. The highest BCUT2D eigenvalue weighted by atomic mass is 79.9. The molecule has 0 atom stereocenters. The molecule has 0 aliphatic heterocycles. The minimum Gasteiger partial charge on any atom is -0.493 e. The van der Waals surface area contributed by atoms with E-state index in [0.29, 0.717) is 21.7 Å². The van der Waals surface area contributed by atoms with Gasteiger partial charge in [0.15, 0.2) is 11.5 Å². The summed E-state index contributed by atoms with van der Waals surface area (Å²) >= 11 is 6.62. The summed E-state index contributed by atoms with van der Waals surface area (Å²) in [4.78, 5) is 0.0671. The predicted molar refractivity (Wildman–Crippen MR) is 96.9 cm³/mol. The van der Waals surface area contributed by atoms with Crippen molar-refractivity contribution in [1.29, 1.82) is 0 Å². The summed E-state index contributed by atoms with van der Waals surface area (Å²) in [6, 6.07) is 8.28. The molecule has 2 aromatic carbocycles. The second-order valence-electron chi connectivity index (χ2n) is 4.70. The zero-order valence-electron chi connectivity index (χ0n) is 12.7. The lowest BCUT2D eigenvalue weighted by Gasteiger charge is -2.14. The Morgan fingerprint density at radius 3 is 2.17 bits per heavy atom. The zero-order chi connectivity index (χ0) is 17.2. The van der Waals surface area contributed by atoms with Crippen LogP contribution in [-0.4, -0.2) is 22.6 Å². The van der Waals surface area contributed by atoms with E-state index in [9.17, 15) is 8.42 Å². The molecule has 0 amide bonds. The van der Waals surface area contributed by atoms with Gasteiger partial charge in [0, 0.05) is 15.0 Å². The second-order valence-corrected chi connectivity index (χ2v) is 8.12. The van der Waals surface area contributed by atoms with Gasteiger partial charge in [-0.2, -0.15) is 0 Å². The van der Waals surface area contributed by atoms with Crippen LogP contribution in [0.15, 0.2) is 44.2 Å². The molecule has 0 aliphatic carbocycles. The van der Waals surface area contributed by atoms with Gasteiger partial charge >= 0.3 is 0 Å². The third-order valence-electron chi connectivity index (χ3n) is 3.16. The highest BCUT2D eigenvalue weighted by Gasteiger charge is 2.22. The first kappa shape index (κ1) is 18.1. The number of aryl methyl sites for hydroxylation is 1. The van der Waals surface area contributed by atoms with Crippen molar-refractivity contribution in [2.24, 2.45) is 0 Å². The van der Waals surface area contributed by atoms with Gasteiger partial charge in [0.1, 0.15) is 4.90 Å². The topological polar surface area (TPSA) is 64.6 Å². The molecular weight excluding hydrogens is 450 g/mol. The van der Waals surface area contributed by atoms with Gasteiger partial charge in [-0.3, -0.25) is 4.72 Å². The summed E-state index contributed by atoms with van der Waals surface area (Å²) in [5, 5.41) is 0. The number of ether oxygens (including phenoxy) is 2. The monoisotopic (exact) mass is 463 g/mol. The van der Waals surface area contributed by atoms with Crippen molar-refractivity contribution >= 4 is 47.6 Å². The number of benzene rings is 2. The number of halogens is 2. The van der Waals surface area contributed by atoms with Crippen LogP contribution in [0.3, 0.4) is 0 Å². The molecule has 0 spiro atoms. The SMILES string of the molecule is COc1cc(Br)c(S(=O)(=O)Nc2ccc(Br)cc2C)cc1OC. The van der Waals surface area contributed by atoms with Crippen LogP contribution < -0.4 is 14.2 Å². The minimum atomic E-state index is -3.78. The Labute approximate surface area is 152 Å². The summed E-state index contributed by atoms with van der Waals surface area (Å²) in [5.41, 5.74) is 1.31. The lowest BCUT2D eigenvalue weighted by atomic mass is 10.2. The first-order valence-electron chi connectivity index (χ1n) is 6.49. The molecule has 0 bridgehead atoms. The fraction of sp³-hybridized carbons (Fsp3) is 0.200. The number of methoxy groups -OCH3 is 2. The van der Waals surface area contributed by atoms with E-state index < -0.39 is 10.0 Å². The van der Waals surface area contributed by atoms with Crippen LogP contribution in [0.5, 0.6) is 11.5 Å². The number of hydrogen-bond donors (Lipinski definition) is 1. The molecule has 0 radical (unpaired) electrons. The fourth-order valence-electron chi connectivity index (χ4n) is 1.98. The van der Waals surface area contributed by atoms with Gasteiger partial charge in [-0.05, 0) is 52.7 Å². The van der Waals surface area contributed by atoms with Gasteiger partial charge in [0.2, 0.25) is 0 Å². The highest BCUT2D eigenvalue weighted by molar-refractivity contribution is 9.10. The maximum atomic E-state index is 12.7. The molecule has 0 saturated carbocycles. The van der Waals surface area contributed by atoms with E-state index in [-0.39, 0.29) is 4.90 Å². The Morgan fingerprint density at radius 2 is 1.61 bits per heavy atom. The second kappa shape index (κ2) is 7.11. The summed E-state index contributed by atoms with van der Waals surface area (Å²) < 4.78 is 39.5. The standard InChI is InChI=1S/C15H15Br2NO4S/c1-9-6-10(16)4-5-12(9)18-23(19,20)15-8-14(22-3)13(21-2)7-11(15)17/h4-8,18H,1-3H3. The minimum absolute atomic E-state index is 0.0671. The third kappa shape index (κ3) is 3.99. The van der Waals surface area contributed by atoms with Crippen molar-refractivity contribution < 1.29 is 17.9 Å². The lowest BCUT2D eigenvalue weighted by molar-refractivity contribution is 0.353. The molecule has 124 valence electrons. The average Bonchev–Trinajstić information content (AvgIpc) is 2.49. The van der Waals surface area contributed by atoms with E-state index >= 15 is 0 Å². The summed E-state index contributed by atoms with van der Waals surface area (Å²) in [7, 11) is -0.844. The zero-order valence-corrected chi connectivity index (χ0v) is 16.7. The van der Waals surface area contributed by atoms with Gasteiger partial charge in [-0.25, -0.2) is 8.42 Å². The lowest BCUT2D eigenvalue weighted by Crippen LogP contribution is -2.14. The molecule has 2 rings (SSSR count). The Bertz CT molecular complexity index is 838. The van der Waals surface area contributed by atoms with E-state index in [2.05, 4.69) is 36.6 Å². The molecule has 0 heterocycles. The Balaban J connectivity index is 2.47. The van der Waals surface area contributed by atoms with Gasteiger partial charge in [0.05, 0.1) is 19.9 Å². The first-order valence-corrected chi connectivity index (χ1v) is 9.56. The Kier molecular flexibility index (Phi) is 5.59. The average molecular weight is 465 g/mol. The maximum absolute atomic E-state index is 12.7. The van der Waals surface area contributed by atoms with Crippen LogP contribution in [0.25, 0.3) is 0 Å². The largest absolute Gasteiger partial charge is 0.493 e. The van der Waals surface area contributed by atoms with E-state index in [0.717, 1.165) is 10.0 Å². The van der Waals surface area contributed by atoms with Crippen LogP contribution >= 0.6 is 31.9 Å². The Hall–Kier alpha value is -1.25. The van der Waals surface area contributed by atoms with Gasteiger partial charge in [-0.1, -0.05) is 15.9 Å². The molecule has 5 nitrogen and oxygen atoms in total. The highest BCUT2D eigenvalue weighted by Crippen LogP contribution is 2.36. The molecule has 0 aliphatic rings. The van der Waals surface area contributed by atoms with Crippen molar-refractivity contribution in [3.8, 4) is 11.5 Å². The Morgan fingerprint density at radius 1 is 1.00 bits per heavy atom. The first-order chi connectivity index (χ1) is 10.8. The summed E-state index contributed by atoms with van der Waals surface area (Å²) in [6.45, 7) is 1.83. The smallest absolute Gasteiger partial charge is 0.263 e. The van der Waals surface area contributed by atoms with Gasteiger partial charge < -0.3 is 9.47 Å². The normalized spacial score (nSPS) is 11.2. The van der Waals surface area contributed by atoms with Crippen LogP contribution in [0, 0.1) is 6.92 Å². The molecule has 0 unspecified atom stereocenters. The van der Waals surface area contributed by atoms with Crippen molar-refractivity contribution in [2.45, 2.75) is 11.8 Å². The molecule has 8 heteroatoms. The van der Waals surface area contributed by atoms with Crippen LogP contribution in [0.4, 0.5) is 5.69 Å². The van der Waals surface area contributed by atoms with Crippen LogP contribution in [0.1, 0.15) is 5.56 Å². The van der Waals surface area contributed by atoms with Crippen molar-refractivity contribution in [1.82, 2.24) is 0 Å². The van der Waals surface area contributed by atoms with Crippen LogP contribution in [0.2, 0.25) is 0 Å². The molecular formula is C15H15Br2NO4S. The number of hydrogen-bond acceptors (Lipinski definition) is 4. The van der Waals surface area contributed by atoms with E-state index in [1.54, 1.807) is 18.2 Å². The van der Waals surface area contributed by atoms with Crippen LogP contribution in [-0.2, 0) is 10.0 Å². The summed E-state index contributed by atoms with van der Waals surface area (Å²) in [6.07, 6.45) is 0. The van der Waals surface area contributed by atoms with E-state index in [1.807, 2.05) is 13.0 Å². The van der Waals surface area contributed by atoms with E-state index in [4.69, 9.17) is 9.47 Å². The molecule has 23 heavy (non-hydrogen) atoms. The molecule has 0 saturated heterocycles. The predicted octanol–water partition coefficient (Wildman–Crippen LogP) is 4.34. The van der Waals surface area contributed by atoms with Crippen molar-refractivity contribution in [2.75, 3.05) is 18.9 Å². The number of sulfonamides is 1. The maximum Gasteiger partial charge on any atom is 0.263 e. The van der Waals surface area contributed by atoms with Gasteiger partial charge in [-0.15, -0.1) is 0 Å². The summed E-state index contributed by atoms with van der Waals surface area (Å²) in [5.74, 6) is 0.779. The molecule has 2 aromatic rings. The number of rotatable bonds is 5. The van der Waals surface area contributed by atoms with Crippen molar-refractivity contribution in [3.63, 3.8) is 0 Å². The van der Waals surface area contributed by atoms with E-state index in [1.165, 1.54) is 20.3 Å². The van der Waals surface area contributed by atoms with Gasteiger partial charge in [0.25, 0.3) is 10.0 Å². The number of nitrogens with one attached hydrogen (secondary N) is 1. The number of anilines is 1. The molecule has 0 aromatic heterocycles. The molecule has 1 N–H and O–H groups in total. The third-order valence-corrected chi connectivity index (χ3v) is 5.98. The van der Waals surface area contributed by atoms with Crippen molar-refractivity contribution in [3.05, 3.63) is 44.8 Å². The quantitative estimate of drug-likeness (QED) is 0.714.